The molecule has 0 amide bonds. The van der Waals surface area contributed by atoms with Gasteiger partial charge in [-0.1, -0.05) is 22.9 Å². The minimum Gasteiger partial charge on any atom is -0.492 e. The maximum absolute atomic E-state index is 5.80. The normalized spacial score (nSPS) is 12.2. The number of halogens is 1. The third-order valence-electron chi connectivity index (χ3n) is 4.04. The molecule has 0 saturated carbocycles. The van der Waals surface area contributed by atoms with Crippen molar-refractivity contribution in [3.8, 4) is 5.75 Å². The molecule has 162 valence electrons. The van der Waals surface area contributed by atoms with E-state index < -0.39 is 0 Å². The molecule has 2 aromatic rings. The van der Waals surface area contributed by atoms with E-state index in [0.29, 0.717) is 38.0 Å². The average Bonchev–Trinajstić information content (AvgIpc) is 3.16. The van der Waals surface area contributed by atoms with E-state index in [1.54, 1.807) is 0 Å². The third kappa shape index (κ3) is 8.57. The van der Waals surface area contributed by atoms with Crippen molar-refractivity contribution < 1.29 is 14.0 Å². The monoisotopic (exact) mass is 517 g/mol. The molecular formula is C20H32IN5O3. The zero-order chi connectivity index (χ0) is 20.4. The van der Waals surface area contributed by atoms with Crippen LogP contribution in [0.3, 0.4) is 0 Å². The smallest absolute Gasteiger partial charge is 0.248 e. The van der Waals surface area contributed by atoms with E-state index in [1.807, 2.05) is 57.0 Å². The highest BCUT2D eigenvalue weighted by atomic mass is 127. The van der Waals surface area contributed by atoms with Gasteiger partial charge < -0.3 is 24.2 Å². The Bertz CT molecular complexity index is 736. The van der Waals surface area contributed by atoms with Gasteiger partial charge in [0.2, 0.25) is 5.89 Å². The fraction of sp³-hybridized carbons (Fsp3) is 0.550. The number of hydrogen-bond donors (Lipinski definition) is 1. The van der Waals surface area contributed by atoms with Gasteiger partial charge in [-0.2, -0.15) is 4.98 Å². The van der Waals surface area contributed by atoms with Crippen molar-refractivity contribution in [2.24, 2.45) is 4.99 Å². The zero-order valence-corrected chi connectivity index (χ0v) is 20.2. The summed E-state index contributed by atoms with van der Waals surface area (Å²) in [5.74, 6) is 2.62. The number of aryl methyl sites for hydroxylation is 1. The van der Waals surface area contributed by atoms with E-state index >= 15 is 0 Å². The Morgan fingerprint density at radius 3 is 2.66 bits per heavy atom. The molecule has 1 heterocycles. The Balaban J connectivity index is 0.00000420. The van der Waals surface area contributed by atoms with Crippen LogP contribution in [-0.4, -0.2) is 54.4 Å². The quantitative estimate of drug-likeness (QED) is 0.293. The van der Waals surface area contributed by atoms with E-state index in [-0.39, 0.29) is 30.1 Å². The molecule has 2 rings (SSSR count). The zero-order valence-electron chi connectivity index (χ0n) is 17.8. The van der Waals surface area contributed by atoms with Crippen molar-refractivity contribution in [2.75, 3.05) is 33.4 Å². The van der Waals surface area contributed by atoms with Crippen molar-refractivity contribution in [3.63, 3.8) is 0 Å². The molecule has 0 radical (unpaired) electrons. The number of benzene rings is 1. The first-order valence-electron chi connectivity index (χ1n) is 9.66. The van der Waals surface area contributed by atoms with Crippen molar-refractivity contribution in [1.29, 1.82) is 0 Å². The number of nitrogens with one attached hydrogen (secondary N) is 1. The number of nitrogens with zero attached hydrogens (tertiary/aromatic N) is 4. The number of aliphatic imine (C=N–C) groups is 1. The summed E-state index contributed by atoms with van der Waals surface area (Å²) < 4.78 is 16.5. The molecule has 1 aromatic carbocycles. The largest absolute Gasteiger partial charge is 0.492 e. The lowest BCUT2D eigenvalue weighted by atomic mass is 10.2. The van der Waals surface area contributed by atoms with Crippen LogP contribution < -0.4 is 10.1 Å². The molecule has 0 fully saturated rings. The lowest BCUT2D eigenvalue weighted by Crippen LogP contribution is -2.40. The molecule has 1 unspecified atom stereocenters. The predicted octanol–water partition coefficient (Wildman–Crippen LogP) is 3.57. The van der Waals surface area contributed by atoms with E-state index in [0.717, 1.165) is 18.3 Å². The molecular weight excluding hydrogens is 485 g/mol. The maximum Gasteiger partial charge on any atom is 0.248 e. The van der Waals surface area contributed by atoms with Gasteiger partial charge >= 0.3 is 0 Å². The highest BCUT2D eigenvalue weighted by molar-refractivity contribution is 14.0. The molecule has 0 aliphatic heterocycles. The SMILES string of the molecule is CCNC(=NCc1nc(C(C)OCC)no1)N(C)CCOc1ccc(C)cc1.I. The van der Waals surface area contributed by atoms with E-state index in [9.17, 15) is 0 Å². The maximum atomic E-state index is 5.80. The van der Waals surface area contributed by atoms with Crippen LogP contribution >= 0.6 is 24.0 Å². The lowest BCUT2D eigenvalue weighted by Gasteiger charge is -2.22. The van der Waals surface area contributed by atoms with Gasteiger partial charge in [-0.05, 0) is 39.8 Å². The summed E-state index contributed by atoms with van der Waals surface area (Å²) in [7, 11) is 1.97. The third-order valence-corrected chi connectivity index (χ3v) is 4.04. The summed E-state index contributed by atoms with van der Waals surface area (Å²) in [5.41, 5.74) is 1.21. The number of guanidine groups is 1. The van der Waals surface area contributed by atoms with Crippen LogP contribution in [0.5, 0.6) is 5.75 Å². The summed E-state index contributed by atoms with van der Waals surface area (Å²) in [5, 5.41) is 7.22. The van der Waals surface area contributed by atoms with Crippen LogP contribution in [0.4, 0.5) is 0 Å². The van der Waals surface area contributed by atoms with Crippen LogP contribution in [0.25, 0.3) is 0 Å². The van der Waals surface area contributed by atoms with Crippen molar-refractivity contribution >= 4 is 29.9 Å². The molecule has 0 aliphatic carbocycles. The van der Waals surface area contributed by atoms with Crippen molar-refractivity contribution in [2.45, 2.75) is 40.3 Å². The van der Waals surface area contributed by atoms with Gasteiger partial charge in [0, 0.05) is 20.2 Å². The first-order chi connectivity index (χ1) is 13.5. The molecule has 0 saturated heterocycles. The molecule has 0 aliphatic rings. The van der Waals surface area contributed by atoms with Gasteiger partial charge in [0.1, 0.15) is 25.0 Å². The standard InChI is InChI=1S/C20H31N5O3.HI/c1-6-21-20(22-14-18-23-19(24-28-18)16(4)26-7-2)25(5)12-13-27-17-10-8-15(3)9-11-17;/h8-11,16H,6-7,12-14H2,1-5H3,(H,21,22);1H. The van der Waals surface area contributed by atoms with Crippen LogP contribution in [-0.2, 0) is 11.3 Å². The van der Waals surface area contributed by atoms with Gasteiger partial charge in [0.25, 0.3) is 0 Å². The van der Waals surface area contributed by atoms with Crippen LogP contribution in [0, 0.1) is 6.92 Å². The van der Waals surface area contributed by atoms with Crippen LogP contribution in [0.1, 0.15) is 44.2 Å². The van der Waals surface area contributed by atoms with Crippen molar-refractivity contribution in [1.82, 2.24) is 20.4 Å². The van der Waals surface area contributed by atoms with Crippen LogP contribution in [0.2, 0.25) is 0 Å². The summed E-state index contributed by atoms with van der Waals surface area (Å²) in [4.78, 5) is 10.9. The molecule has 1 atom stereocenters. The Kier molecular flexibility index (Phi) is 11.6. The molecule has 1 aromatic heterocycles. The Morgan fingerprint density at radius 1 is 1.28 bits per heavy atom. The molecule has 0 spiro atoms. The van der Waals surface area contributed by atoms with Gasteiger partial charge in [-0.25, -0.2) is 4.99 Å². The molecule has 9 heteroatoms. The Hall–Kier alpha value is -1.88. The van der Waals surface area contributed by atoms with Gasteiger partial charge in [-0.3, -0.25) is 0 Å². The number of ether oxygens (including phenoxy) is 2. The van der Waals surface area contributed by atoms with E-state index in [1.165, 1.54) is 5.56 Å². The minimum atomic E-state index is -0.193. The molecule has 0 bridgehead atoms. The Morgan fingerprint density at radius 2 is 2.00 bits per heavy atom. The van der Waals surface area contributed by atoms with Crippen LogP contribution in [0.15, 0.2) is 33.8 Å². The second-order valence-corrected chi connectivity index (χ2v) is 6.40. The number of hydrogen-bond acceptors (Lipinski definition) is 6. The first kappa shape index (κ1) is 25.2. The summed E-state index contributed by atoms with van der Waals surface area (Å²) in [6, 6.07) is 8.03. The molecule has 1 N–H and O–H groups in total. The highest BCUT2D eigenvalue weighted by Gasteiger charge is 2.14. The fourth-order valence-electron chi connectivity index (χ4n) is 2.47. The average molecular weight is 517 g/mol. The number of aromatic nitrogens is 2. The van der Waals surface area contributed by atoms with E-state index in [4.69, 9.17) is 14.0 Å². The second kappa shape index (κ2) is 13.4. The predicted molar refractivity (Wildman–Crippen MR) is 124 cm³/mol. The number of likely N-dealkylation sites (N-methyl/N-ethyl adjacent to an activating group) is 1. The molecule has 29 heavy (non-hydrogen) atoms. The first-order valence-corrected chi connectivity index (χ1v) is 9.66. The molecule has 8 nitrogen and oxygen atoms in total. The van der Waals surface area contributed by atoms with Gasteiger partial charge in [-0.15, -0.1) is 24.0 Å². The lowest BCUT2D eigenvalue weighted by molar-refractivity contribution is 0.0683. The minimum absolute atomic E-state index is 0. The highest BCUT2D eigenvalue weighted by Crippen LogP contribution is 2.13. The Labute approximate surface area is 190 Å². The van der Waals surface area contributed by atoms with Gasteiger partial charge in [0.05, 0.1) is 6.54 Å². The fourth-order valence-corrected chi connectivity index (χ4v) is 2.47. The summed E-state index contributed by atoms with van der Waals surface area (Å²) in [6.07, 6.45) is -0.193. The number of rotatable bonds is 10. The van der Waals surface area contributed by atoms with Crippen molar-refractivity contribution in [3.05, 3.63) is 41.5 Å². The summed E-state index contributed by atoms with van der Waals surface area (Å²) in [6.45, 7) is 10.8. The van der Waals surface area contributed by atoms with E-state index in [2.05, 4.69) is 27.4 Å². The topological polar surface area (TPSA) is 85.0 Å². The summed E-state index contributed by atoms with van der Waals surface area (Å²) >= 11 is 0. The second-order valence-electron chi connectivity index (χ2n) is 6.40. The van der Waals surface area contributed by atoms with Gasteiger partial charge in [0.15, 0.2) is 11.8 Å².